The molecule has 150 valence electrons. The van der Waals surface area contributed by atoms with Crippen molar-refractivity contribution in [2.24, 2.45) is 0 Å². The van der Waals surface area contributed by atoms with E-state index in [0.717, 1.165) is 11.3 Å². The molecule has 0 radical (unpaired) electrons. The number of para-hydroxylation sites is 2. The Kier molecular flexibility index (Phi) is 7.76. The Balaban J connectivity index is 1.85. The minimum absolute atomic E-state index is 0.00455. The van der Waals surface area contributed by atoms with E-state index in [1.54, 1.807) is 25.3 Å². The molecule has 1 amide bonds. The molecule has 8 nitrogen and oxygen atoms in total. The predicted octanol–water partition coefficient (Wildman–Crippen LogP) is 2.82. The average Bonchev–Trinajstić information content (AvgIpc) is 2.68. The van der Waals surface area contributed by atoms with E-state index < -0.39 is 4.92 Å². The van der Waals surface area contributed by atoms with Crippen LogP contribution in [-0.4, -0.2) is 50.0 Å². The molecule has 0 bridgehead atoms. The van der Waals surface area contributed by atoms with E-state index >= 15 is 0 Å². The van der Waals surface area contributed by atoms with Crippen molar-refractivity contribution >= 4 is 17.3 Å². The van der Waals surface area contributed by atoms with Crippen molar-refractivity contribution in [3.05, 3.63) is 64.2 Å². The summed E-state index contributed by atoms with van der Waals surface area (Å²) in [6.07, 6.45) is 0.217. The highest BCUT2D eigenvalue weighted by Gasteiger charge is 2.16. The molecule has 28 heavy (non-hydrogen) atoms. The summed E-state index contributed by atoms with van der Waals surface area (Å²) in [5.74, 6) is 0.665. The Morgan fingerprint density at radius 1 is 1.18 bits per heavy atom. The fraction of sp³-hybridized carbons (Fsp3) is 0.350. The maximum absolute atomic E-state index is 12.2. The number of nitrogens with one attached hydrogen (secondary N) is 2. The van der Waals surface area contributed by atoms with E-state index in [1.165, 1.54) is 6.07 Å². The number of carbonyl (C=O) groups excluding carboxylic acids is 1. The SMILES string of the molecule is COc1ccc(C(CNC(=O)CCNc2ccccc2[N+](=O)[O-])N(C)C)cc1. The smallest absolute Gasteiger partial charge is 0.292 e. The standard InChI is InChI=1S/C20H26N4O4/c1-23(2)19(15-8-10-16(28-3)11-9-15)14-22-20(25)12-13-21-17-6-4-5-7-18(17)24(26)27/h4-11,19,21H,12-14H2,1-3H3,(H,22,25). The Morgan fingerprint density at radius 2 is 1.86 bits per heavy atom. The van der Waals surface area contributed by atoms with Crippen LogP contribution in [0.1, 0.15) is 18.0 Å². The van der Waals surface area contributed by atoms with Gasteiger partial charge in [-0.2, -0.15) is 0 Å². The molecule has 0 spiro atoms. The molecule has 0 saturated heterocycles. The molecular weight excluding hydrogens is 360 g/mol. The normalized spacial score (nSPS) is 11.7. The van der Waals surface area contributed by atoms with Gasteiger partial charge >= 0.3 is 0 Å². The van der Waals surface area contributed by atoms with Gasteiger partial charge in [0.15, 0.2) is 0 Å². The third-order valence-electron chi connectivity index (χ3n) is 4.38. The third kappa shape index (κ3) is 5.95. The van der Waals surface area contributed by atoms with Crippen LogP contribution in [0.15, 0.2) is 48.5 Å². The first-order valence-electron chi connectivity index (χ1n) is 8.96. The molecule has 0 aliphatic rings. The fourth-order valence-electron chi connectivity index (χ4n) is 2.82. The number of benzene rings is 2. The van der Waals surface area contributed by atoms with E-state index in [1.807, 2.05) is 43.3 Å². The molecule has 1 atom stereocenters. The molecule has 0 heterocycles. The Morgan fingerprint density at radius 3 is 2.46 bits per heavy atom. The monoisotopic (exact) mass is 386 g/mol. The minimum Gasteiger partial charge on any atom is -0.497 e. The lowest BCUT2D eigenvalue weighted by Gasteiger charge is -2.25. The molecule has 1 unspecified atom stereocenters. The minimum atomic E-state index is -0.445. The van der Waals surface area contributed by atoms with Crippen LogP contribution in [-0.2, 0) is 4.79 Å². The summed E-state index contributed by atoms with van der Waals surface area (Å²) < 4.78 is 5.18. The van der Waals surface area contributed by atoms with Crippen LogP contribution in [0.2, 0.25) is 0 Å². The van der Waals surface area contributed by atoms with Gasteiger partial charge in [-0.15, -0.1) is 0 Å². The molecule has 2 rings (SSSR count). The maximum Gasteiger partial charge on any atom is 0.292 e. The van der Waals surface area contributed by atoms with Crippen molar-refractivity contribution in [1.82, 2.24) is 10.2 Å². The summed E-state index contributed by atoms with van der Waals surface area (Å²) in [6.45, 7) is 0.773. The molecule has 2 N–H and O–H groups in total. The lowest BCUT2D eigenvalue weighted by atomic mass is 10.1. The summed E-state index contributed by atoms with van der Waals surface area (Å²) in [5.41, 5.74) is 1.48. The van der Waals surface area contributed by atoms with Crippen molar-refractivity contribution in [3.63, 3.8) is 0 Å². The van der Waals surface area contributed by atoms with Crippen LogP contribution in [0.25, 0.3) is 0 Å². The number of ether oxygens (including phenoxy) is 1. The largest absolute Gasteiger partial charge is 0.497 e. The van der Waals surface area contributed by atoms with Gasteiger partial charge in [-0.05, 0) is 37.9 Å². The molecule has 2 aromatic rings. The zero-order valence-corrected chi connectivity index (χ0v) is 16.3. The zero-order chi connectivity index (χ0) is 20.5. The lowest BCUT2D eigenvalue weighted by Crippen LogP contribution is -2.35. The molecular formula is C20H26N4O4. The van der Waals surface area contributed by atoms with Gasteiger partial charge in [0.25, 0.3) is 5.69 Å². The number of nitro benzene ring substituents is 1. The van der Waals surface area contributed by atoms with Crippen LogP contribution in [0, 0.1) is 10.1 Å². The van der Waals surface area contributed by atoms with Crippen molar-refractivity contribution < 1.29 is 14.5 Å². The second-order valence-corrected chi connectivity index (χ2v) is 6.51. The highest BCUT2D eigenvalue weighted by atomic mass is 16.6. The van der Waals surface area contributed by atoms with E-state index in [0.29, 0.717) is 18.8 Å². The quantitative estimate of drug-likeness (QED) is 0.481. The van der Waals surface area contributed by atoms with E-state index in [4.69, 9.17) is 4.74 Å². The highest BCUT2D eigenvalue weighted by Crippen LogP contribution is 2.23. The van der Waals surface area contributed by atoms with E-state index in [-0.39, 0.29) is 24.1 Å². The van der Waals surface area contributed by atoms with Gasteiger partial charge in [0.05, 0.1) is 18.1 Å². The number of methoxy groups -OCH3 is 1. The fourth-order valence-corrected chi connectivity index (χ4v) is 2.82. The maximum atomic E-state index is 12.2. The van der Waals surface area contributed by atoms with Gasteiger partial charge in [-0.3, -0.25) is 14.9 Å². The molecule has 8 heteroatoms. The van der Waals surface area contributed by atoms with Gasteiger partial charge in [0.1, 0.15) is 11.4 Å². The molecule has 0 aromatic heterocycles. The van der Waals surface area contributed by atoms with E-state index in [9.17, 15) is 14.9 Å². The summed E-state index contributed by atoms with van der Waals surface area (Å²) in [4.78, 5) is 24.8. The number of carbonyl (C=O) groups is 1. The van der Waals surface area contributed by atoms with E-state index in [2.05, 4.69) is 10.6 Å². The number of hydrogen-bond donors (Lipinski definition) is 2. The lowest BCUT2D eigenvalue weighted by molar-refractivity contribution is -0.384. The van der Waals surface area contributed by atoms with Gasteiger partial charge in [0.2, 0.25) is 5.91 Å². The second-order valence-electron chi connectivity index (χ2n) is 6.51. The molecule has 2 aromatic carbocycles. The number of nitro groups is 1. The molecule has 0 aliphatic carbocycles. The highest BCUT2D eigenvalue weighted by molar-refractivity contribution is 5.76. The van der Waals surface area contributed by atoms with Crippen molar-refractivity contribution in [1.29, 1.82) is 0 Å². The Labute approximate surface area is 164 Å². The number of hydrogen-bond acceptors (Lipinski definition) is 6. The number of nitrogens with zero attached hydrogens (tertiary/aromatic N) is 2. The first-order chi connectivity index (χ1) is 13.4. The number of rotatable bonds is 10. The number of amides is 1. The molecule has 0 saturated carbocycles. The van der Waals surface area contributed by atoms with Gasteiger partial charge in [-0.1, -0.05) is 24.3 Å². The van der Waals surface area contributed by atoms with Crippen molar-refractivity contribution in [2.45, 2.75) is 12.5 Å². The van der Waals surface area contributed by atoms with Crippen LogP contribution in [0.5, 0.6) is 5.75 Å². The van der Waals surface area contributed by atoms with Gasteiger partial charge in [-0.25, -0.2) is 0 Å². The second kappa shape index (κ2) is 10.3. The number of likely N-dealkylation sites (N-methyl/N-ethyl adjacent to an activating group) is 1. The summed E-state index contributed by atoms with van der Waals surface area (Å²) >= 11 is 0. The van der Waals surface area contributed by atoms with Crippen LogP contribution in [0.3, 0.4) is 0 Å². The predicted molar refractivity (Wildman–Crippen MR) is 109 cm³/mol. The zero-order valence-electron chi connectivity index (χ0n) is 16.3. The first-order valence-corrected chi connectivity index (χ1v) is 8.96. The number of anilines is 1. The summed E-state index contributed by atoms with van der Waals surface area (Å²) in [5, 5.41) is 16.9. The molecule has 0 aliphatic heterocycles. The van der Waals surface area contributed by atoms with Gasteiger partial charge < -0.3 is 20.3 Å². The van der Waals surface area contributed by atoms with Crippen molar-refractivity contribution in [2.75, 3.05) is 39.6 Å². The summed E-state index contributed by atoms with van der Waals surface area (Å²) in [6, 6.07) is 14.1. The van der Waals surface area contributed by atoms with Crippen LogP contribution in [0.4, 0.5) is 11.4 Å². The topological polar surface area (TPSA) is 96.7 Å². The van der Waals surface area contributed by atoms with Crippen LogP contribution >= 0.6 is 0 Å². The van der Waals surface area contributed by atoms with Gasteiger partial charge in [0, 0.05) is 25.6 Å². The Bertz CT molecular complexity index is 793. The first kappa shape index (κ1) is 21.2. The van der Waals surface area contributed by atoms with Crippen molar-refractivity contribution in [3.8, 4) is 5.75 Å². The summed E-state index contributed by atoms with van der Waals surface area (Å²) in [7, 11) is 5.53. The van der Waals surface area contributed by atoms with Crippen LogP contribution < -0.4 is 15.4 Å². The average molecular weight is 386 g/mol. The third-order valence-corrected chi connectivity index (χ3v) is 4.38. The Hall–Kier alpha value is -3.13. The molecule has 0 fully saturated rings.